The number of rotatable bonds is 4. The van der Waals surface area contributed by atoms with Crippen LogP contribution in [-0.2, 0) is 5.54 Å². The van der Waals surface area contributed by atoms with Crippen LogP contribution in [0.2, 0.25) is 0 Å². The van der Waals surface area contributed by atoms with Crippen LogP contribution in [0, 0.1) is 5.92 Å². The van der Waals surface area contributed by atoms with Crippen molar-refractivity contribution in [3.63, 3.8) is 0 Å². The average Bonchev–Trinajstić information content (AvgIpc) is 3.40. The monoisotopic (exact) mass is 486 g/mol. The summed E-state index contributed by atoms with van der Waals surface area (Å²) >= 11 is 0. The normalized spacial score (nSPS) is 22.6. The molecule has 0 unspecified atom stereocenters. The molecule has 3 aliphatic rings. The van der Waals surface area contributed by atoms with Crippen LogP contribution < -0.4 is 14.4 Å². The first-order valence-corrected chi connectivity index (χ1v) is 13.2. The third kappa shape index (κ3) is 3.59. The number of benzene rings is 2. The van der Waals surface area contributed by atoms with Crippen molar-refractivity contribution >= 4 is 11.9 Å². The van der Waals surface area contributed by atoms with Gasteiger partial charge in [-0.3, -0.25) is 9.69 Å². The van der Waals surface area contributed by atoms with E-state index in [-0.39, 0.29) is 17.5 Å². The molecule has 1 spiro atoms. The van der Waals surface area contributed by atoms with Crippen LogP contribution in [0.5, 0.6) is 11.5 Å². The molecule has 188 valence electrons. The van der Waals surface area contributed by atoms with E-state index in [1.807, 2.05) is 41.3 Å². The summed E-state index contributed by atoms with van der Waals surface area (Å²) in [6, 6.07) is 15.6. The van der Waals surface area contributed by atoms with Gasteiger partial charge in [0.1, 0.15) is 0 Å². The summed E-state index contributed by atoms with van der Waals surface area (Å²) in [6.45, 7) is 0. The summed E-state index contributed by atoms with van der Waals surface area (Å²) in [5.41, 5.74) is 1.49. The number of aromatic nitrogens is 3. The molecule has 0 radical (unpaired) electrons. The van der Waals surface area contributed by atoms with Gasteiger partial charge in [0.15, 0.2) is 17.3 Å². The van der Waals surface area contributed by atoms with Crippen molar-refractivity contribution in [2.45, 2.75) is 69.4 Å². The van der Waals surface area contributed by atoms with Crippen LogP contribution in [0.1, 0.15) is 68.1 Å². The van der Waals surface area contributed by atoms with E-state index in [2.05, 4.69) is 4.68 Å². The van der Waals surface area contributed by atoms with E-state index >= 15 is 0 Å². The van der Waals surface area contributed by atoms with Gasteiger partial charge in [0, 0.05) is 23.1 Å². The Balaban J connectivity index is 1.52. The SMILES string of the molecule is COc1ccc(C(=O)N2c3nc(-c4ccccc4)nn3C3(CCCCC3)[C@@H]3CCCC[C@@H]32)cc1OC. The zero-order chi connectivity index (χ0) is 24.7. The van der Waals surface area contributed by atoms with Crippen molar-refractivity contribution < 1.29 is 14.3 Å². The number of hydrogen-bond donors (Lipinski definition) is 0. The maximum Gasteiger partial charge on any atom is 0.261 e. The van der Waals surface area contributed by atoms with Crippen LogP contribution in [0.15, 0.2) is 48.5 Å². The van der Waals surface area contributed by atoms with E-state index in [1.165, 1.54) is 25.7 Å². The molecule has 2 aromatic carbocycles. The molecule has 1 amide bonds. The van der Waals surface area contributed by atoms with Crippen LogP contribution >= 0.6 is 0 Å². The number of anilines is 1. The first kappa shape index (κ1) is 23.1. The molecule has 2 heterocycles. The standard InChI is InChI=1S/C29H34N4O3/c1-35-24-16-15-21(19-25(24)36-2)27(34)32-23-14-8-7-13-22(23)29(17-9-4-10-18-29)33-28(32)30-26(31-33)20-11-5-3-6-12-20/h3,5-6,11-12,15-16,19,22-23H,4,7-10,13-14,17-18H2,1-2H3/t22-,23+/m1/s1. The van der Waals surface area contributed by atoms with Gasteiger partial charge in [-0.25, -0.2) is 4.68 Å². The fourth-order valence-electron chi connectivity index (χ4n) is 6.92. The highest BCUT2D eigenvalue weighted by atomic mass is 16.5. The Labute approximate surface area is 212 Å². The topological polar surface area (TPSA) is 69.5 Å². The Kier molecular flexibility index (Phi) is 5.94. The molecule has 1 aromatic heterocycles. The summed E-state index contributed by atoms with van der Waals surface area (Å²) in [5, 5.41) is 5.14. The molecule has 6 rings (SSSR count). The number of carbonyl (C=O) groups is 1. The van der Waals surface area contributed by atoms with Gasteiger partial charge in [-0.15, -0.1) is 5.10 Å². The maximum absolute atomic E-state index is 14.3. The minimum absolute atomic E-state index is 0.0493. The summed E-state index contributed by atoms with van der Waals surface area (Å²) in [7, 11) is 3.20. The molecule has 0 saturated heterocycles. The fourth-order valence-corrected chi connectivity index (χ4v) is 6.92. The molecule has 2 fully saturated rings. The van der Waals surface area contributed by atoms with Gasteiger partial charge in [-0.05, 0) is 43.9 Å². The second-order valence-corrected chi connectivity index (χ2v) is 10.4. The summed E-state index contributed by atoms with van der Waals surface area (Å²) in [4.78, 5) is 21.3. The summed E-state index contributed by atoms with van der Waals surface area (Å²) in [6.07, 6.45) is 10.3. The second kappa shape index (κ2) is 9.26. The van der Waals surface area contributed by atoms with Crippen molar-refractivity contribution in [2.24, 2.45) is 5.92 Å². The number of amides is 1. The fraction of sp³-hybridized carbons (Fsp3) is 0.483. The van der Waals surface area contributed by atoms with Crippen molar-refractivity contribution in [2.75, 3.05) is 19.1 Å². The third-order valence-electron chi connectivity index (χ3n) is 8.58. The zero-order valence-corrected chi connectivity index (χ0v) is 21.2. The molecule has 0 bridgehead atoms. The second-order valence-electron chi connectivity index (χ2n) is 10.4. The molecule has 36 heavy (non-hydrogen) atoms. The van der Waals surface area contributed by atoms with E-state index in [1.54, 1.807) is 26.4 Å². The lowest BCUT2D eigenvalue weighted by atomic mass is 9.64. The van der Waals surface area contributed by atoms with Gasteiger partial charge in [-0.1, -0.05) is 62.4 Å². The summed E-state index contributed by atoms with van der Waals surface area (Å²) in [5.74, 6) is 2.88. The van der Waals surface area contributed by atoms with Gasteiger partial charge in [0.25, 0.3) is 5.91 Å². The van der Waals surface area contributed by atoms with Gasteiger partial charge >= 0.3 is 0 Å². The Hall–Kier alpha value is -3.35. The number of carbonyl (C=O) groups excluding carboxylic acids is 1. The van der Waals surface area contributed by atoms with E-state index in [0.717, 1.165) is 37.7 Å². The highest BCUT2D eigenvalue weighted by Gasteiger charge is 2.55. The highest BCUT2D eigenvalue weighted by molar-refractivity contribution is 6.06. The molecule has 0 N–H and O–H groups in total. The molecule has 2 aliphatic carbocycles. The van der Waals surface area contributed by atoms with E-state index < -0.39 is 0 Å². The quantitative estimate of drug-likeness (QED) is 0.463. The summed E-state index contributed by atoms with van der Waals surface area (Å²) < 4.78 is 13.1. The van der Waals surface area contributed by atoms with Crippen LogP contribution in [-0.4, -0.2) is 40.9 Å². The Morgan fingerprint density at radius 2 is 1.67 bits per heavy atom. The Morgan fingerprint density at radius 3 is 2.42 bits per heavy atom. The lowest BCUT2D eigenvalue weighted by Crippen LogP contribution is -2.61. The molecule has 3 aromatic rings. The number of methoxy groups -OCH3 is 2. The smallest absolute Gasteiger partial charge is 0.261 e. The number of nitrogens with zero attached hydrogens (tertiary/aromatic N) is 4. The molecule has 7 heteroatoms. The van der Waals surface area contributed by atoms with E-state index in [4.69, 9.17) is 19.6 Å². The van der Waals surface area contributed by atoms with Crippen molar-refractivity contribution in [3.05, 3.63) is 54.1 Å². The minimum Gasteiger partial charge on any atom is -0.493 e. The molecule has 7 nitrogen and oxygen atoms in total. The predicted octanol–water partition coefficient (Wildman–Crippen LogP) is 5.84. The largest absolute Gasteiger partial charge is 0.493 e. The number of fused-ring (bicyclic) bond motifs is 4. The third-order valence-corrected chi connectivity index (χ3v) is 8.58. The minimum atomic E-state index is -0.0624. The van der Waals surface area contributed by atoms with Crippen molar-refractivity contribution in [1.82, 2.24) is 14.8 Å². The molecular formula is C29H34N4O3. The Bertz CT molecular complexity index is 1250. The molecule has 1 aliphatic heterocycles. The highest BCUT2D eigenvalue weighted by Crippen LogP contribution is 2.53. The van der Waals surface area contributed by atoms with Crippen molar-refractivity contribution in [1.29, 1.82) is 0 Å². The van der Waals surface area contributed by atoms with Gasteiger partial charge < -0.3 is 9.47 Å². The molecule has 2 saturated carbocycles. The maximum atomic E-state index is 14.3. The Morgan fingerprint density at radius 1 is 0.917 bits per heavy atom. The van der Waals surface area contributed by atoms with Crippen LogP contribution in [0.4, 0.5) is 5.95 Å². The molecular weight excluding hydrogens is 452 g/mol. The van der Waals surface area contributed by atoms with Gasteiger partial charge in [0.05, 0.1) is 19.8 Å². The van der Waals surface area contributed by atoms with E-state index in [0.29, 0.717) is 34.8 Å². The number of hydrogen-bond acceptors (Lipinski definition) is 5. The lowest BCUT2D eigenvalue weighted by molar-refractivity contribution is 0.0314. The first-order chi connectivity index (χ1) is 17.7. The van der Waals surface area contributed by atoms with Crippen LogP contribution in [0.3, 0.4) is 0 Å². The predicted molar refractivity (Wildman–Crippen MR) is 139 cm³/mol. The lowest BCUT2D eigenvalue weighted by Gasteiger charge is -2.55. The van der Waals surface area contributed by atoms with E-state index in [9.17, 15) is 4.79 Å². The average molecular weight is 487 g/mol. The zero-order valence-electron chi connectivity index (χ0n) is 21.2. The first-order valence-electron chi connectivity index (χ1n) is 13.2. The van der Waals surface area contributed by atoms with Gasteiger partial charge in [0.2, 0.25) is 5.95 Å². The van der Waals surface area contributed by atoms with Gasteiger partial charge in [-0.2, -0.15) is 4.98 Å². The van der Waals surface area contributed by atoms with Crippen molar-refractivity contribution in [3.8, 4) is 22.9 Å². The molecule has 2 atom stereocenters. The van der Waals surface area contributed by atoms with Crippen LogP contribution in [0.25, 0.3) is 11.4 Å². The number of ether oxygens (including phenoxy) is 2.